The Labute approximate surface area is 154 Å². The molecule has 0 aromatic heterocycles. The highest BCUT2D eigenvalue weighted by Gasteiger charge is 2.06. The molecule has 0 N–H and O–H groups in total. The van der Waals surface area contributed by atoms with Crippen LogP contribution >= 0.6 is 0 Å². The number of ether oxygens (including phenoxy) is 1. The lowest BCUT2D eigenvalue weighted by Crippen LogP contribution is -2.06. The van der Waals surface area contributed by atoms with E-state index in [0.29, 0.717) is 18.8 Å². The fraction of sp³-hybridized carbons (Fsp3) is 0.636. The van der Waals surface area contributed by atoms with Gasteiger partial charge in [-0.2, -0.15) is 0 Å². The third kappa shape index (κ3) is 13.3. The molecular weight excluding hydrogens is 312 g/mol. The molecule has 3 nitrogen and oxygen atoms in total. The van der Waals surface area contributed by atoms with Crippen LogP contribution in [-0.2, 0) is 14.3 Å². The van der Waals surface area contributed by atoms with Gasteiger partial charge in [-0.15, -0.1) is 0 Å². The summed E-state index contributed by atoms with van der Waals surface area (Å²) in [6.45, 7) is 12.4. The molecule has 0 atom stereocenters. The third-order valence-electron chi connectivity index (χ3n) is 4.12. The summed E-state index contributed by atoms with van der Waals surface area (Å²) in [7, 11) is 0. The highest BCUT2D eigenvalue weighted by molar-refractivity contribution is 5.82. The second-order valence-corrected chi connectivity index (χ2v) is 7.04. The van der Waals surface area contributed by atoms with Crippen molar-refractivity contribution in [3.05, 3.63) is 34.9 Å². The molecule has 0 radical (unpaired) electrons. The van der Waals surface area contributed by atoms with Gasteiger partial charge < -0.3 is 4.74 Å². The maximum atomic E-state index is 11.6. The molecule has 0 bridgehead atoms. The van der Waals surface area contributed by atoms with E-state index < -0.39 is 0 Å². The molecule has 0 amide bonds. The van der Waals surface area contributed by atoms with Crippen LogP contribution in [-0.4, -0.2) is 18.4 Å². The summed E-state index contributed by atoms with van der Waals surface area (Å²) < 4.78 is 4.90. The molecule has 3 heteroatoms. The van der Waals surface area contributed by atoms with Crippen molar-refractivity contribution in [1.82, 2.24) is 0 Å². The lowest BCUT2D eigenvalue weighted by atomic mass is 10.0. The summed E-state index contributed by atoms with van der Waals surface area (Å²) in [6.07, 6.45) is 11.5. The lowest BCUT2D eigenvalue weighted by molar-refractivity contribution is -0.137. The molecule has 0 fully saturated rings. The molecule has 142 valence electrons. The van der Waals surface area contributed by atoms with Gasteiger partial charge >= 0.3 is 5.97 Å². The zero-order chi connectivity index (χ0) is 19.2. The molecule has 0 rings (SSSR count). The van der Waals surface area contributed by atoms with Crippen LogP contribution in [0.1, 0.15) is 80.1 Å². The maximum Gasteiger partial charge on any atom is 0.330 e. The van der Waals surface area contributed by atoms with Gasteiger partial charge in [-0.25, -0.2) is 4.79 Å². The molecular formula is C22H36O3. The molecule has 0 saturated heterocycles. The molecule has 0 aromatic rings. The van der Waals surface area contributed by atoms with Crippen molar-refractivity contribution in [2.45, 2.75) is 80.1 Å². The first kappa shape index (κ1) is 23.4. The van der Waals surface area contributed by atoms with E-state index in [9.17, 15) is 9.59 Å². The van der Waals surface area contributed by atoms with E-state index >= 15 is 0 Å². The van der Waals surface area contributed by atoms with E-state index in [2.05, 4.69) is 26.0 Å². The minimum absolute atomic E-state index is 0.138. The van der Waals surface area contributed by atoms with Crippen molar-refractivity contribution in [2.24, 2.45) is 5.92 Å². The zero-order valence-electron chi connectivity index (χ0n) is 17.0. The summed E-state index contributed by atoms with van der Waals surface area (Å²) in [5.74, 6) is 0.228. The number of carbonyl (C=O) groups excluding carboxylic acids is 2. The Balaban J connectivity index is 4.10. The summed E-state index contributed by atoms with van der Waals surface area (Å²) in [6, 6.07) is 0. The Morgan fingerprint density at radius 3 is 1.88 bits per heavy atom. The molecule has 0 saturated carbocycles. The van der Waals surface area contributed by atoms with E-state index in [4.69, 9.17) is 4.74 Å². The number of carbonyl (C=O) groups is 2. The summed E-state index contributed by atoms with van der Waals surface area (Å²) in [5, 5.41) is 0. The van der Waals surface area contributed by atoms with E-state index in [0.717, 1.165) is 37.7 Å². The lowest BCUT2D eigenvalue weighted by Gasteiger charge is -2.05. The average Bonchev–Trinajstić information content (AvgIpc) is 2.52. The number of rotatable bonds is 12. The number of hydrogen-bond acceptors (Lipinski definition) is 3. The molecule has 0 spiro atoms. The number of allylic oxidation sites excluding steroid dienone is 5. The Morgan fingerprint density at radius 2 is 1.36 bits per heavy atom. The maximum absolute atomic E-state index is 11.6. The van der Waals surface area contributed by atoms with Gasteiger partial charge in [0.1, 0.15) is 5.78 Å². The average molecular weight is 349 g/mol. The van der Waals surface area contributed by atoms with E-state index in [1.807, 2.05) is 27.7 Å². The van der Waals surface area contributed by atoms with Gasteiger partial charge in [0.25, 0.3) is 0 Å². The molecule has 25 heavy (non-hydrogen) atoms. The van der Waals surface area contributed by atoms with Crippen LogP contribution in [0.5, 0.6) is 0 Å². The Kier molecular flexibility index (Phi) is 12.7. The molecule has 0 unspecified atom stereocenters. The van der Waals surface area contributed by atoms with Crippen LogP contribution in [0.25, 0.3) is 0 Å². The van der Waals surface area contributed by atoms with Gasteiger partial charge in [0.15, 0.2) is 0 Å². The van der Waals surface area contributed by atoms with Crippen LogP contribution in [0.2, 0.25) is 0 Å². The molecule has 0 aromatic carbocycles. The number of esters is 1. The minimum Gasteiger partial charge on any atom is -0.463 e. The zero-order valence-corrected chi connectivity index (χ0v) is 17.0. The smallest absolute Gasteiger partial charge is 0.330 e. The molecule has 0 aliphatic heterocycles. The first-order valence-electron chi connectivity index (χ1n) is 9.44. The fourth-order valence-corrected chi connectivity index (χ4v) is 2.36. The SMILES string of the molecule is CCOC(=O)/C=C(\C)CC/C=C(\C)CC/C=C(\C)CCC(=O)C(C)C. The van der Waals surface area contributed by atoms with Crippen LogP contribution in [0.4, 0.5) is 0 Å². The normalized spacial score (nSPS) is 13.3. The van der Waals surface area contributed by atoms with Crippen LogP contribution in [0.3, 0.4) is 0 Å². The molecule has 0 aliphatic carbocycles. The quantitative estimate of drug-likeness (QED) is 0.248. The molecule has 0 aliphatic rings. The largest absolute Gasteiger partial charge is 0.463 e. The Morgan fingerprint density at radius 1 is 0.840 bits per heavy atom. The first-order valence-corrected chi connectivity index (χ1v) is 9.44. The van der Waals surface area contributed by atoms with Crippen LogP contribution in [0.15, 0.2) is 34.9 Å². The van der Waals surface area contributed by atoms with Crippen LogP contribution in [0, 0.1) is 5.92 Å². The van der Waals surface area contributed by atoms with Gasteiger partial charge in [-0.1, -0.05) is 42.7 Å². The summed E-state index contributed by atoms with van der Waals surface area (Å²) >= 11 is 0. The van der Waals surface area contributed by atoms with Crippen molar-refractivity contribution >= 4 is 11.8 Å². The molecule has 0 heterocycles. The van der Waals surface area contributed by atoms with E-state index in [-0.39, 0.29) is 11.9 Å². The Hall–Kier alpha value is -1.64. The number of Topliss-reactive ketones (excluding diaryl/α,β-unsaturated/α-hetero) is 1. The predicted molar refractivity (Wildman–Crippen MR) is 105 cm³/mol. The second-order valence-electron chi connectivity index (χ2n) is 7.04. The van der Waals surface area contributed by atoms with Crippen molar-refractivity contribution in [3.8, 4) is 0 Å². The van der Waals surface area contributed by atoms with Crippen molar-refractivity contribution < 1.29 is 14.3 Å². The predicted octanol–water partition coefficient (Wildman–Crippen LogP) is 5.95. The topological polar surface area (TPSA) is 43.4 Å². The van der Waals surface area contributed by atoms with E-state index in [1.54, 1.807) is 6.08 Å². The van der Waals surface area contributed by atoms with Crippen molar-refractivity contribution in [2.75, 3.05) is 6.61 Å². The van der Waals surface area contributed by atoms with Gasteiger partial charge in [-0.05, 0) is 59.8 Å². The van der Waals surface area contributed by atoms with Crippen LogP contribution < -0.4 is 0 Å². The van der Waals surface area contributed by atoms with Gasteiger partial charge in [0.2, 0.25) is 0 Å². The van der Waals surface area contributed by atoms with Gasteiger partial charge in [0, 0.05) is 18.4 Å². The fourth-order valence-electron chi connectivity index (χ4n) is 2.36. The monoisotopic (exact) mass is 348 g/mol. The minimum atomic E-state index is -0.253. The number of hydrogen-bond donors (Lipinski definition) is 0. The van der Waals surface area contributed by atoms with Crippen molar-refractivity contribution in [3.63, 3.8) is 0 Å². The van der Waals surface area contributed by atoms with Crippen molar-refractivity contribution in [1.29, 1.82) is 0 Å². The van der Waals surface area contributed by atoms with Gasteiger partial charge in [-0.3, -0.25) is 4.79 Å². The van der Waals surface area contributed by atoms with E-state index in [1.165, 1.54) is 11.1 Å². The third-order valence-corrected chi connectivity index (χ3v) is 4.12. The second kappa shape index (κ2) is 13.6. The Bertz CT molecular complexity index is 507. The van der Waals surface area contributed by atoms with Gasteiger partial charge in [0.05, 0.1) is 6.61 Å². The highest BCUT2D eigenvalue weighted by atomic mass is 16.5. The summed E-state index contributed by atoms with van der Waals surface area (Å²) in [4.78, 5) is 23.0. The number of ketones is 1. The standard InChI is InChI=1S/C22H36O3/c1-7-25-22(24)16-20(6)13-9-11-18(4)10-8-12-19(5)14-15-21(23)17(2)3/h11-12,16-17H,7-10,13-15H2,1-6H3/b18-11+,19-12+,20-16+. The highest BCUT2D eigenvalue weighted by Crippen LogP contribution is 2.14. The first-order chi connectivity index (χ1) is 11.8. The summed E-state index contributed by atoms with van der Waals surface area (Å²) in [5.41, 5.74) is 3.72.